The number of rotatable bonds is 8. The molecule has 1 aromatic carbocycles. The maximum absolute atomic E-state index is 5.18. The normalized spacial score (nSPS) is 16.3. The van der Waals surface area contributed by atoms with Crippen molar-refractivity contribution in [3.05, 3.63) is 29.8 Å². The second-order valence-electron chi connectivity index (χ2n) is 6.22. The highest BCUT2D eigenvalue weighted by Crippen LogP contribution is 2.26. The van der Waals surface area contributed by atoms with Gasteiger partial charge in [0, 0.05) is 32.2 Å². The van der Waals surface area contributed by atoms with Gasteiger partial charge in [-0.1, -0.05) is 12.1 Å². The molecule has 0 amide bonds. The summed E-state index contributed by atoms with van der Waals surface area (Å²) >= 11 is 0. The number of methoxy groups -OCH3 is 1. The van der Waals surface area contributed by atoms with Crippen molar-refractivity contribution in [3.8, 4) is 5.75 Å². The van der Waals surface area contributed by atoms with E-state index in [1.54, 1.807) is 7.11 Å². The standard InChI is InChI=1S/C18H30N4O/c1-14(22(3)16-7-8-16)13-21-18(19-2)20-12-11-15-5-9-17(23-4)10-6-15/h5-6,9-10,14,16H,7-8,11-13H2,1-4H3,(H2,19,20,21). The first-order chi connectivity index (χ1) is 11.1. The molecule has 23 heavy (non-hydrogen) atoms. The number of hydrogen-bond donors (Lipinski definition) is 2. The van der Waals surface area contributed by atoms with Crippen LogP contribution >= 0.6 is 0 Å². The van der Waals surface area contributed by atoms with Gasteiger partial charge in [0.25, 0.3) is 0 Å². The highest BCUT2D eigenvalue weighted by molar-refractivity contribution is 5.79. The first-order valence-electron chi connectivity index (χ1n) is 8.43. The van der Waals surface area contributed by atoms with E-state index in [1.165, 1.54) is 18.4 Å². The molecule has 0 bridgehead atoms. The number of aliphatic imine (C=N–C) groups is 1. The predicted octanol–water partition coefficient (Wildman–Crippen LogP) is 1.89. The minimum Gasteiger partial charge on any atom is -0.497 e. The minimum atomic E-state index is 0.516. The van der Waals surface area contributed by atoms with Crippen LogP contribution < -0.4 is 15.4 Å². The van der Waals surface area contributed by atoms with Crippen LogP contribution in [-0.4, -0.2) is 57.2 Å². The summed E-state index contributed by atoms with van der Waals surface area (Å²) in [6.45, 7) is 4.03. The topological polar surface area (TPSA) is 48.9 Å². The Kier molecular flexibility index (Phi) is 6.71. The van der Waals surface area contributed by atoms with Crippen LogP contribution in [0, 0.1) is 0 Å². The SMILES string of the molecule is CN=C(NCCc1ccc(OC)cc1)NCC(C)N(C)C1CC1. The van der Waals surface area contributed by atoms with Gasteiger partial charge < -0.3 is 15.4 Å². The third kappa shape index (κ3) is 5.75. The smallest absolute Gasteiger partial charge is 0.191 e. The molecule has 5 nitrogen and oxygen atoms in total. The molecule has 0 radical (unpaired) electrons. The summed E-state index contributed by atoms with van der Waals surface area (Å²) in [5.41, 5.74) is 1.29. The highest BCUT2D eigenvalue weighted by Gasteiger charge is 2.28. The van der Waals surface area contributed by atoms with Gasteiger partial charge in [-0.15, -0.1) is 0 Å². The van der Waals surface area contributed by atoms with E-state index in [-0.39, 0.29) is 0 Å². The van der Waals surface area contributed by atoms with Crippen LogP contribution in [0.3, 0.4) is 0 Å². The molecule has 0 aromatic heterocycles. The van der Waals surface area contributed by atoms with Gasteiger partial charge in [-0.3, -0.25) is 9.89 Å². The van der Waals surface area contributed by atoms with Gasteiger partial charge in [0.2, 0.25) is 0 Å². The van der Waals surface area contributed by atoms with E-state index >= 15 is 0 Å². The van der Waals surface area contributed by atoms with Crippen LogP contribution in [0.1, 0.15) is 25.3 Å². The van der Waals surface area contributed by atoms with Gasteiger partial charge >= 0.3 is 0 Å². The molecular weight excluding hydrogens is 288 g/mol. The lowest BCUT2D eigenvalue weighted by atomic mass is 10.1. The molecule has 1 atom stereocenters. The van der Waals surface area contributed by atoms with Gasteiger partial charge in [-0.05, 0) is 50.9 Å². The van der Waals surface area contributed by atoms with Crippen LogP contribution in [-0.2, 0) is 6.42 Å². The number of ether oxygens (including phenoxy) is 1. The first-order valence-corrected chi connectivity index (χ1v) is 8.43. The molecule has 0 saturated heterocycles. The summed E-state index contributed by atoms with van der Waals surface area (Å²) in [6.07, 6.45) is 3.65. The molecular formula is C18H30N4O. The van der Waals surface area contributed by atoms with Crippen molar-refractivity contribution < 1.29 is 4.74 Å². The Morgan fingerprint density at radius 3 is 2.57 bits per heavy atom. The van der Waals surface area contributed by atoms with Crippen LogP contribution in [0.4, 0.5) is 0 Å². The fraction of sp³-hybridized carbons (Fsp3) is 0.611. The van der Waals surface area contributed by atoms with E-state index in [1.807, 2.05) is 19.2 Å². The maximum atomic E-state index is 5.18. The zero-order chi connectivity index (χ0) is 16.7. The van der Waals surface area contributed by atoms with E-state index in [0.29, 0.717) is 6.04 Å². The Hall–Kier alpha value is -1.75. The Morgan fingerprint density at radius 1 is 1.30 bits per heavy atom. The lowest BCUT2D eigenvalue weighted by Gasteiger charge is -2.25. The Labute approximate surface area is 140 Å². The van der Waals surface area contributed by atoms with Crippen LogP contribution in [0.2, 0.25) is 0 Å². The van der Waals surface area contributed by atoms with Gasteiger partial charge in [-0.25, -0.2) is 0 Å². The number of likely N-dealkylation sites (N-methyl/N-ethyl adjacent to an activating group) is 1. The molecule has 128 valence electrons. The lowest BCUT2D eigenvalue weighted by Crippen LogP contribution is -2.45. The summed E-state index contributed by atoms with van der Waals surface area (Å²) in [4.78, 5) is 6.75. The average Bonchev–Trinajstić information content (AvgIpc) is 3.42. The minimum absolute atomic E-state index is 0.516. The maximum Gasteiger partial charge on any atom is 0.191 e. The molecule has 1 fully saturated rings. The molecule has 0 heterocycles. The molecule has 0 aliphatic heterocycles. The van der Waals surface area contributed by atoms with E-state index in [9.17, 15) is 0 Å². The molecule has 1 aromatic rings. The van der Waals surface area contributed by atoms with Crippen LogP contribution in [0.25, 0.3) is 0 Å². The summed E-state index contributed by atoms with van der Waals surface area (Å²) in [6, 6.07) is 9.50. The van der Waals surface area contributed by atoms with E-state index in [0.717, 1.165) is 37.3 Å². The largest absolute Gasteiger partial charge is 0.497 e. The van der Waals surface area contributed by atoms with Crippen LogP contribution in [0.15, 0.2) is 29.3 Å². The molecule has 2 rings (SSSR count). The molecule has 1 saturated carbocycles. The summed E-state index contributed by atoms with van der Waals surface area (Å²) in [5, 5.41) is 6.79. The number of benzene rings is 1. The van der Waals surface area contributed by atoms with E-state index < -0.39 is 0 Å². The predicted molar refractivity (Wildman–Crippen MR) is 96.3 cm³/mol. The lowest BCUT2D eigenvalue weighted by molar-refractivity contribution is 0.247. The summed E-state index contributed by atoms with van der Waals surface area (Å²) in [5.74, 6) is 1.77. The van der Waals surface area contributed by atoms with Gasteiger partial charge in [0.05, 0.1) is 7.11 Å². The van der Waals surface area contributed by atoms with Crippen LogP contribution in [0.5, 0.6) is 5.75 Å². The third-order valence-electron chi connectivity index (χ3n) is 4.47. The molecule has 2 N–H and O–H groups in total. The number of hydrogen-bond acceptors (Lipinski definition) is 3. The number of guanidine groups is 1. The fourth-order valence-electron chi connectivity index (χ4n) is 2.57. The van der Waals surface area contributed by atoms with Gasteiger partial charge in [0.1, 0.15) is 5.75 Å². The first kappa shape index (κ1) is 17.6. The third-order valence-corrected chi connectivity index (χ3v) is 4.47. The van der Waals surface area contributed by atoms with Crippen molar-refractivity contribution in [2.24, 2.45) is 4.99 Å². The zero-order valence-corrected chi connectivity index (χ0v) is 14.8. The van der Waals surface area contributed by atoms with Crippen molar-refractivity contribution >= 4 is 5.96 Å². The second-order valence-corrected chi connectivity index (χ2v) is 6.22. The van der Waals surface area contributed by atoms with E-state index in [2.05, 4.69) is 46.6 Å². The Bertz CT molecular complexity index is 496. The Morgan fingerprint density at radius 2 is 2.00 bits per heavy atom. The average molecular weight is 318 g/mol. The second kappa shape index (κ2) is 8.77. The number of nitrogens with zero attached hydrogens (tertiary/aromatic N) is 2. The Balaban J connectivity index is 1.67. The number of nitrogens with one attached hydrogen (secondary N) is 2. The van der Waals surface area contributed by atoms with Crippen molar-refractivity contribution in [1.82, 2.24) is 15.5 Å². The molecule has 1 unspecified atom stereocenters. The quantitative estimate of drug-likeness (QED) is 0.568. The zero-order valence-electron chi connectivity index (χ0n) is 14.8. The highest BCUT2D eigenvalue weighted by atomic mass is 16.5. The monoisotopic (exact) mass is 318 g/mol. The molecule has 1 aliphatic rings. The summed E-state index contributed by atoms with van der Waals surface area (Å²) in [7, 11) is 5.72. The molecule has 5 heteroatoms. The van der Waals surface area contributed by atoms with Gasteiger partial charge in [0.15, 0.2) is 5.96 Å². The fourth-order valence-corrected chi connectivity index (χ4v) is 2.57. The van der Waals surface area contributed by atoms with Crippen molar-refractivity contribution in [2.45, 2.75) is 38.3 Å². The summed E-state index contributed by atoms with van der Waals surface area (Å²) < 4.78 is 5.18. The van der Waals surface area contributed by atoms with Crippen molar-refractivity contribution in [1.29, 1.82) is 0 Å². The molecule has 1 aliphatic carbocycles. The molecule has 0 spiro atoms. The van der Waals surface area contributed by atoms with E-state index in [4.69, 9.17) is 4.74 Å². The van der Waals surface area contributed by atoms with Crippen molar-refractivity contribution in [3.63, 3.8) is 0 Å². The van der Waals surface area contributed by atoms with Crippen molar-refractivity contribution in [2.75, 3.05) is 34.3 Å². The van der Waals surface area contributed by atoms with Gasteiger partial charge in [-0.2, -0.15) is 0 Å².